The predicted octanol–water partition coefficient (Wildman–Crippen LogP) is 3.19. The lowest BCUT2D eigenvalue weighted by molar-refractivity contribution is -0.385. The number of methoxy groups -OCH3 is 1. The number of benzene rings is 2. The molecule has 1 amide bonds. The topological polar surface area (TPSA) is 81.5 Å². The van der Waals surface area contributed by atoms with Crippen LogP contribution in [0.5, 0.6) is 5.75 Å². The minimum atomic E-state index is -0.594. The third-order valence-corrected chi connectivity index (χ3v) is 3.40. The van der Waals surface area contributed by atoms with E-state index in [1.165, 1.54) is 25.3 Å². The van der Waals surface area contributed by atoms with E-state index in [-0.39, 0.29) is 23.5 Å². The standard InChI is InChI=1S/C15H13ClN2O4/c1-22-14-7-6-10(8-13(14)18(20)21)15(19)17-9-11-4-2-3-5-12(11)16/h2-8H,9H2,1H3,(H,17,19). The molecule has 0 radical (unpaired) electrons. The Morgan fingerprint density at radius 1 is 1.32 bits per heavy atom. The van der Waals surface area contributed by atoms with Crippen molar-refractivity contribution in [3.63, 3.8) is 0 Å². The summed E-state index contributed by atoms with van der Waals surface area (Å²) in [7, 11) is 1.33. The van der Waals surface area contributed by atoms with Gasteiger partial charge in [-0.1, -0.05) is 29.8 Å². The Morgan fingerprint density at radius 3 is 2.68 bits per heavy atom. The molecule has 0 aliphatic heterocycles. The highest BCUT2D eigenvalue weighted by molar-refractivity contribution is 6.31. The Hall–Kier alpha value is -2.60. The Labute approximate surface area is 131 Å². The molecule has 0 spiro atoms. The van der Waals surface area contributed by atoms with Crippen LogP contribution in [-0.2, 0) is 6.54 Å². The lowest BCUT2D eigenvalue weighted by atomic mass is 10.1. The summed E-state index contributed by atoms with van der Waals surface area (Å²) in [5, 5.41) is 14.2. The summed E-state index contributed by atoms with van der Waals surface area (Å²) in [5.41, 5.74) is 0.688. The van der Waals surface area contributed by atoms with Crippen LogP contribution < -0.4 is 10.1 Å². The third-order valence-electron chi connectivity index (χ3n) is 3.03. The van der Waals surface area contributed by atoms with Gasteiger partial charge >= 0.3 is 5.69 Å². The minimum absolute atomic E-state index is 0.104. The van der Waals surface area contributed by atoms with Crippen LogP contribution in [0.1, 0.15) is 15.9 Å². The van der Waals surface area contributed by atoms with Gasteiger partial charge in [0.15, 0.2) is 5.75 Å². The fourth-order valence-electron chi connectivity index (χ4n) is 1.89. The van der Waals surface area contributed by atoms with E-state index < -0.39 is 10.8 Å². The van der Waals surface area contributed by atoms with Gasteiger partial charge in [0.2, 0.25) is 0 Å². The Bertz CT molecular complexity index is 718. The Balaban J connectivity index is 2.15. The quantitative estimate of drug-likeness (QED) is 0.677. The highest BCUT2D eigenvalue weighted by Gasteiger charge is 2.18. The largest absolute Gasteiger partial charge is 0.490 e. The lowest BCUT2D eigenvalue weighted by Crippen LogP contribution is -2.23. The second-order valence-electron chi connectivity index (χ2n) is 4.42. The number of carbonyl (C=O) groups is 1. The van der Waals surface area contributed by atoms with Crippen molar-refractivity contribution in [2.24, 2.45) is 0 Å². The van der Waals surface area contributed by atoms with Crippen molar-refractivity contribution in [1.29, 1.82) is 0 Å². The molecule has 7 heteroatoms. The van der Waals surface area contributed by atoms with E-state index >= 15 is 0 Å². The molecule has 0 bridgehead atoms. The second kappa shape index (κ2) is 6.91. The molecule has 2 aromatic carbocycles. The van der Waals surface area contributed by atoms with Gasteiger partial charge in [-0.25, -0.2) is 0 Å². The SMILES string of the molecule is COc1ccc(C(=O)NCc2ccccc2Cl)cc1[N+](=O)[O-]. The van der Waals surface area contributed by atoms with Crippen LogP contribution in [0.3, 0.4) is 0 Å². The normalized spacial score (nSPS) is 10.1. The molecule has 114 valence electrons. The molecule has 2 aromatic rings. The van der Waals surface area contributed by atoms with Gasteiger partial charge in [0, 0.05) is 23.2 Å². The van der Waals surface area contributed by atoms with E-state index in [2.05, 4.69) is 5.32 Å². The van der Waals surface area contributed by atoms with Crippen molar-refractivity contribution in [1.82, 2.24) is 5.32 Å². The molecule has 22 heavy (non-hydrogen) atoms. The van der Waals surface area contributed by atoms with Crippen LogP contribution in [0, 0.1) is 10.1 Å². The van der Waals surface area contributed by atoms with Crippen molar-refractivity contribution in [2.75, 3.05) is 7.11 Å². The van der Waals surface area contributed by atoms with E-state index in [9.17, 15) is 14.9 Å². The van der Waals surface area contributed by atoms with Crippen LogP contribution in [0.25, 0.3) is 0 Å². The summed E-state index contributed by atoms with van der Waals surface area (Å²) in [4.78, 5) is 22.4. The molecule has 2 rings (SSSR count). The highest BCUT2D eigenvalue weighted by Crippen LogP contribution is 2.27. The van der Waals surface area contributed by atoms with Crippen LogP contribution >= 0.6 is 11.6 Å². The maximum Gasteiger partial charge on any atom is 0.311 e. The molecule has 0 saturated heterocycles. The van der Waals surface area contributed by atoms with Crippen molar-refractivity contribution >= 4 is 23.2 Å². The molecule has 0 aromatic heterocycles. The minimum Gasteiger partial charge on any atom is -0.490 e. The van der Waals surface area contributed by atoms with Gasteiger partial charge in [-0.15, -0.1) is 0 Å². The van der Waals surface area contributed by atoms with E-state index in [1.54, 1.807) is 18.2 Å². The maximum absolute atomic E-state index is 12.1. The second-order valence-corrected chi connectivity index (χ2v) is 4.83. The smallest absolute Gasteiger partial charge is 0.311 e. The molecule has 1 N–H and O–H groups in total. The summed E-state index contributed by atoms with van der Waals surface area (Å²) in [6.45, 7) is 0.234. The zero-order chi connectivity index (χ0) is 16.1. The molecule has 0 aliphatic rings. The number of carbonyl (C=O) groups excluding carboxylic acids is 1. The van der Waals surface area contributed by atoms with Gasteiger partial charge < -0.3 is 10.1 Å². The van der Waals surface area contributed by atoms with Crippen molar-refractivity contribution in [3.8, 4) is 5.75 Å². The van der Waals surface area contributed by atoms with Crippen LogP contribution in [0.15, 0.2) is 42.5 Å². The molecular weight excluding hydrogens is 308 g/mol. The number of nitrogens with zero attached hydrogens (tertiary/aromatic N) is 1. The van der Waals surface area contributed by atoms with Gasteiger partial charge in [0.1, 0.15) is 0 Å². The van der Waals surface area contributed by atoms with Crippen LogP contribution in [-0.4, -0.2) is 17.9 Å². The first-order chi connectivity index (χ1) is 10.5. The van der Waals surface area contributed by atoms with Crippen molar-refractivity contribution in [3.05, 3.63) is 68.7 Å². The number of amides is 1. The Morgan fingerprint density at radius 2 is 2.05 bits per heavy atom. The lowest BCUT2D eigenvalue weighted by Gasteiger charge is -2.08. The molecule has 0 atom stereocenters. The van der Waals surface area contributed by atoms with Crippen LogP contribution in [0.4, 0.5) is 5.69 Å². The average molecular weight is 321 g/mol. The van der Waals surface area contributed by atoms with E-state index in [4.69, 9.17) is 16.3 Å². The first kappa shape index (κ1) is 15.8. The summed E-state index contributed by atoms with van der Waals surface area (Å²) in [5.74, 6) is -0.321. The number of ether oxygens (including phenoxy) is 1. The fourth-order valence-corrected chi connectivity index (χ4v) is 2.10. The molecule has 0 saturated carbocycles. The first-order valence-electron chi connectivity index (χ1n) is 6.37. The van der Waals surface area contributed by atoms with Crippen molar-refractivity contribution < 1.29 is 14.5 Å². The number of halogens is 1. The van der Waals surface area contributed by atoms with Gasteiger partial charge in [0.05, 0.1) is 12.0 Å². The van der Waals surface area contributed by atoms with Gasteiger partial charge in [-0.05, 0) is 23.8 Å². The van der Waals surface area contributed by atoms with Gasteiger partial charge in [0.25, 0.3) is 5.91 Å². The number of rotatable bonds is 5. The third kappa shape index (κ3) is 3.53. The number of nitro benzene ring substituents is 1. The summed E-state index contributed by atoms with van der Waals surface area (Å²) in [6, 6.07) is 11.2. The van der Waals surface area contributed by atoms with Crippen LogP contribution in [0.2, 0.25) is 5.02 Å². The fraction of sp³-hybridized carbons (Fsp3) is 0.133. The summed E-state index contributed by atoms with van der Waals surface area (Å²) in [6.07, 6.45) is 0. The average Bonchev–Trinajstić information content (AvgIpc) is 2.53. The van der Waals surface area contributed by atoms with Gasteiger partial charge in [-0.3, -0.25) is 14.9 Å². The number of hydrogen-bond acceptors (Lipinski definition) is 4. The van der Waals surface area contributed by atoms with Crippen molar-refractivity contribution in [2.45, 2.75) is 6.54 Å². The summed E-state index contributed by atoms with van der Waals surface area (Å²) >= 11 is 6.00. The molecule has 6 nitrogen and oxygen atoms in total. The number of nitrogens with one attached hydrogen (secondary N) is 1. The number of hydrogen-bond donors (Lipinski definition) is 1. The zero-order valence-corrected chi connectivity index (χ0v) is 12.5. The maximum atomic E-state index is 12.1. The molecular formula is C15H13ClN2O4. The Kier molecular flexibility index (Phi) is 4.95. The van der Waals surface area contributed by atoms with Gasteiger partial charge in [-0.2, -0.15) is 0 Å². The predicted molar refractivity (Wildman–Crippen MR) is 82.3 cm³/mol. The summed E-state index contributed by atoms with van der Waals surface area (Å²) < 4.78 is 4.90. The zero-order valence-electron chi connectivity index (χ0n) is 11.7. The monoisotopic (exact) mass is 320 g/mol. The number of nitro groups is 1. The molecule has 0 unspecified atom stereocenters. The first-order valence-corrected chi connectivity index (χ1v) is 6.74. The van der Waals surface area contributed by atoms with E-state index in [0.29, 0.717) is 5.02 Å². The molecule has 0 heterocycles. The highest BCUT2D eigenvalue weighted by atomic mass is 35.5. The molecule has 0 aliphatic carbocycles. The van der Waals surface area contributed by atoms with E-state index in [1.807, 2.05) is 6.07 Å². The van der Waals surface area contributed by atoms with E-state index in [0.717, 1.165) is 5.56 Å². The molecule has 0 fully saturated rings.